The first-order chi connectivity index (χ1) is 14.8. The van der Waals surface area contributed by atoms with E-state index in [0.717, 1.165) is 66.9 Å². The Morgan fingerprint density at radius 3 is 2.65 bits per heavy atom. The molecule has 2 aliphatic heterocycles. The minimum absolute atomic E-state index is 0.0711. The van der Waals surface area contributed by atoms with Gasteiger partial charge in [-0.1, -0.05) is 13.8 Å². The van der Waals surface area contributed by atoms with Crippen molar-refractivity contribution >= 4 is 27.5 Å². The molecule has 0 unspecified atom stereocenters. The molecule has 170 valence electrons. The van der Waals surface area contributed by atoms with Crippen LogP contribution < -0.4 is 5.56 Å². The Hall–Kier alpha value is -1.73. The molecule has 2 aromatic rings. The summed E-state index contributed by atoms with van der Waals surface area (Å²) in [5.41, 5.74) is 1.15. The first-order valence-electron chi connectivity index (χ1n) is 11.8. The molecule has 0 radical (unpaired) electrons. The minimum Gasteiger partial charge on any atom is -0.339 e. The van der Waals surface area contributed by atoms with Gasteiger partial charge in [0.2, 0.25) is 5.91 Å². The number of amides is 1. The van der Waals surface area contributed by atoms with Crippen LogP contribution in [0.3, 0.4) is 0 Å². The summed E-state index contributed by atoms with van der Waals surface area (Å²) >= 11 is 1.62. The highest BCUT2D eigenvalue weighted by Gasteiger charge is 2.30. The van der Waals surface area contributed by atoms with Crippen molar-refractivity contribution in [3.63, 3.8) is 0 Å². The molecule has 2 aromatic heterocycles. The molecule has 6 nitrogen and oxygen atoms in total. The Balaban J connectivity index is 1.61. The minimum atomic E-state index is 0.0711. The molecule has 2 saturated heterocycles. The number of hydrogen-bond acceptors (Lipinski definition) is 5. The number of piperidine rings is 2. The zero-order valence-electron chi connectivity index (χ0n) is 19.6. The average molecular weight is 445 g/mol. The molecule has 0 aliphatic carbocycles. The highest BCUT2D eigenvalue weighted by Crippen LogP contribution is 2.30. The van der Waals surface area contributed by atoms with Crippen LogP contribution in [0.25, 0.3) is 10.2 Å². The van der Waals surface area contributed by atoms with Gasteiger partial charge in [-0.15, -0.1) is 11.3 Å². The SMILES string of the molecule is Cc1sc2nc(C(C)C)n([C@@H]3CCCN(CC(=O)N4CCCC[C@@H]4C)C3)c(=O)c2c1C. The van der Waals surface area contributed by atoms with Crippen molar-refractivity contribution in [3.05, 3.63) is 26.6 Å². The number of carbonyl (C=O) groups excluding carboxylic acids is 1. The largest absolute Gasteiger partial charge is 0.339 e. The van der Waals surface area contributed by atoms with Gasteiger partial charge in [0.1, 0.15) is 10.7 Å². The van der Waals surface area contributed by atoms with Crippen molar-refractivity contribution in [2.24, 2.45) is 0 Å². The van der Waals surface area contributed by atoms with E-state index < -0.39 is 0 Å². The summed E-state index contributed by atoms with van der Waals surface area (Å²) < 4.78 is 1.96. The zero-order valence-corrected chi connectivity index (χ0v) is 20.4. The van der Waals surface area contributed by atoms with Crippen LogP contribution in [0.2, 0.25) is 0 Å². The molecular weight excluding hydrogens is 408 g/mol. The van der Waals surface area contributed by atoms with E-state index in [1.54, 1.807) is 11.3 Å². The predicted octanol–water partition coefficient (Wildman–Crippen LogP) is 4.24. The Bertz CT molecular complexity index is 1020. The molecule has 4 heterocycles. The molecule has 1 amide bonds. The maximum Gasteiger partial charge on any atom is 0.262 e. The van der Waals surface area contributed by atoms with E-state index in [1.807, 2.05) is 11.5 Å². The summed E-state index contributed by atoms with van der Waals surface area (Å²) in [5, 5.41) is 0.780. The topological polar surface area (TPSA) is 58.4 Å². The number of thiophene rings is 1. The van der Waals surface area contributed by atoms with Gasteiger partial charge in [0, 0.05) is 29.9 Å². The molecule has 0 spiro atoms. The van der Waals surface area contributed by atoms with Gasteiger partial charge in [0.15, 0.2) is 0 Å². The second kappa shape index (κ2) is 9.02. The van der Waals surface area contributed by atoms with Crippen LogP contribution in [0.4, 0.5) is 0 Å². The number of likely N-dealkylation sites (tertiary alicyclic amines) is 2. The number of nitrogens with zero attached hydrogens (tertiary/aromatic N) is 4. The quantitative estimate of drug-likeness (QED) is 0.708. The summed E-state index contributed by atoms with van der Waals surface area (Å²) in [6.07, 6.45) is 5.38. The molecular formula is C24H36N4O2S. The van der Waals surface area contributed by atoms with E-state index in [9.17, 15) is 9.59 Å². The summed E-state index contributed by atoms with van der Waals surface area (Å²) in [5.74, 6) is 1.29. The fourth-order valence-corrected chi connectivity index (χ4v) is 6.25. The maximum atomic E-state index is 13.6. The van der Waals surface area contributed by atoms with Gasteiger partial charge < -0.3 is 4.90 Å². The van der Waals surface area contributed by atoms with Crippen LogP contribution in [0.1, 0.15) is 81.1 Å². The van der Waals surface area contributed by atoms with Crippen LogP contribution in [0, 0.1) is 13.8 Å². The molecule has 31 heavy (non-hydrogen) atoms. The number of fused-ring (bicyclic) bond motifs is 1. The van der Waals surface area contributed by atoms with Crippen molar-refractivity contribution in [3.8, 4) is 0 Å². The van der Waals surface area contributed by atoms with E-state index in [2.05, 4.69) is 37.5 Å². The smallest absolute Gasteiger partial charge is 0.262 e. The lowest BCUT2D eigenvalue weighted by molar-refractivity contribution is -0.136. The molecule has 2 fully saturated rings. The third-order valence-electron chi connectivity index (χ3n) is 7.11. The molecule has 2 aliphatic rings. The lowest BCUT2D eigenvalue weighted by atomic mass is 10.0. The number of hydrogen-bond donors (Lipinski definition) is 0. The maximum absolute atomic E-state index is 13.6. The van der Waals surface area contributed by atoms with Crippen LogP contribution in [0.5, 0.6) is 0 Å². The van der Waals surface area contributed by atoms with E-state index >= 15 is 0 Å². The van der Waals surface area contributed by atoms with Gasteiger partial charge in [-0.25, -0.2) is 4.98 Å². The van der Waals surface area contributed by atoms with Gasteiger partial charge in [0.25, 0.3) is 5.56 Å². The molecule has 0 N–H and O–H groups in total. The number of aromatic nitrogens is 2. The lowest BCUT2D eigenvalue weighted by Gasteiger charge is -2.38. The summed E-state index contributed by atoms with van der Waals surface area (Å²) in [7, 11) is 0. The fraction of sp³-hybridized carbons (Fsp3) is 0.708. The number of aryl methyl sites for hydroxylation is 2. The van der Waals surface area contributed by atoms with E-state index in [0.29, 0.717) is 12.6 Å². The van der Waals surface area contributed by atoms with Gasteiger partial charge in [-0.2, -0.15) is 0 Å². The zero-order chi connectivity index (χ0) is 22.3. The van der Waals surface area contributed by atoms with Crippen molar-refractivity contribution < 1.29 is 4.79 Å². The van der Waals surface area contributed by atoms with E-state index in [-0.39, 0.29) is 23.4 Å². The molecule has 0 bridgehead atoms. The molecule has 2 atom stereocenters. The third kappa shape index (κ3) is 4.31. The first kappa shape index (κ1) is 22.5. The van der Waals surface area contributed by atoms with Gasteiger partial charge >= 0.3 is 0 Å². The predicted molar refractivity (Wildman–Crippen MR) is 127 cm³/mol. The highest BCUT2D eigenvalue weighted by atomic mass is 32.1. The Morgan fingerprint density at radius 2 is 1.94 bits per heavy atom. The van der Waals surface area contributed by atoms with Crippen molar-refractivity contribution in [2.75, 3.05) is 26.2 Å². The summed E-state index contributed by atoms with van der Waals surface area (Å²) in [6, 6.07) is 0.412. The van der Waals surface area contributed by atoms with Gasteiger partial charge in [-0.05, 0) is 65.0 Å². The van der Waals surface area contributed by atoms with E-state index in [4.69, 9.17) is 4.98 Å². The fourth-order valence-electron chi connectivity index (χ4n) is 5.22. The number of rotatable bonds is 4. The van der Waals surface area contributed by atoms with Gasteiger partial charge in [-0.3, -0.25) is 19.1 Å². The summed E-state index contributed by atoms with van der Waals surface area (Å²) in [6.45, 7) is 13.5. The van der Waals surface area contributed by atoms with E-state index in [1.165, 1.54) is 11.3 Å². The molecule has 0 aromatic carbocycles. The average Bonchev–Trinajstić information content (AvgIpc) is 3.02. The third-order valence-corrected chi connectivity index (χ3v) is 8.21. The first-order valence-corrected chi connectivity index (χ1v) is 12.6. The molecule has 4 rings (SSSR count). The Morgan fingerprint density at radius 1 is 1.16 bits per heavy atom. The van der Waals surface area contributed by atoms with Crippen molar-refractivity contribution in [1.82, 2.24) is 19.4 Å². The van der Waals surface area contributed by atoms with Crippen LogP contribution >= 0.6 is 11.3 Å². The van der Waals surface area contributed by atoms with Crippen molar-refractivity contribution in [2.45, 2.75) is 84.7 Å². The normalized spacial score (nSPS) is 23.1. The van der Waals surface area contributed by atoms with Crippen LogP contribution in [-0.2, 0) is 4.79 Å². The summed E-state index contributed by atoms with van der Waals surface area (Å²) in [4.78, 5) is 37.9. The van der Waals surface area contributed by atoms with Crippen molar-refractivity contribution in [1.29, 1.82) is 0 Å². The molecule has 0 saturated carbocycles. The number of carbonyl (C=O) groups is 1. The Labute approximate surface area is 189 Å². The Kier molecular flexibility index (Phi) is 6.54. The van der Waals surface area contributed by atoms with Gasteiger partial charge in [0.05, 0.1) is 18.0 Å². The second-order valence-corrected chi connectivity index (χ2v) is 10.9. The standard InChI is InChI=1S/C24H36N4O2S/c1-15(2)22-25-23-21(17(4)18(5)31-23)24(30)28(22)19-10-8-11-26(13-19)14-20(29)27-12-7-6-9-16(27)3/h15-16,19H,6-14H2,1-5H3/t16-,19+/m0/s1. The molecule has 7 heteroatoms. The highest BCUT2D eigenvalue weighted by molar-refractivity contribution is 7.18. The van der Waals surface area contributed by atoms with Crippen LogP contribution in [0.15, 0.2) is 4.79 Å². The second-order valence-electron chi connectivity index (χ2n) is 9.73. The lowest BCUT2D eigenvalue weighted by Crippen LogP contribution is -2.49. The monoisotopic (exact) mass is 444 g/mol. The van der Waals surface area contributed by atoms with Crippen LogP contribution in [-0.4, -0.2) is 57.5 Å².